The fourth-order valence-electron chi connectivity index (χ4n) is 6.55. The number of nitrogens with zero attached hydrogens (tertiary/aromatic N) is 4. The first-order chi connectivity index (χ1) is 28.1. The van der Waals surface area contributed by atoms with Crippen LogP contribution < -0.4 is 5.46 Å². The van der Waals surface area contributed by atoms with Crippen molar-refractivity contribution in [2.24, 2.45) is 0 Å². The molecule has 0 bridgehead atoms. The molecule has 0 spiro atoms. The summed E-state index contributed by atoms with van der Waals surface area (Å²) in [5.74, 6) is 1.38. The second-order valence-corrected chi connectivity index (χ2v) is 15.5. The van der Waals surface area contributed by atoms with Crippen LogP contribution in [0.3, 0.4) is 0 Å². The first kappa shape index (κ1) is 38.6. The molecule has 0 aliphatic carbocycles. The van der Waals surface area contributed by atoms with Gasteiger partial charge in [-0.25, -0.2) is 19.9 Å². The number of hydrogen-bond acceptors (Lipinski definition) is 6. The summed E-state index contributed by atoms with van der Waals surface area (Å²) >= 11 is 6.01. The number of hydrogen-bond donors (Lipinski definition) is 0. The normalized spacial score (nSPS) is 14.1. The van der Waals surface area contributed by atoms with Crippen molar-refractivity contribution in [3.8, 4) is 67.8 Å². The molecule has 284 valence electrons. The van der Waals surface area contributed by atoms with Gasteiger partial charge in [0.05, 0.1) is 34.0 Å². The van der Waals surface area contributed by atoms with Gasteiger partial charge >= 0.3 is 7.12 Å². The quantitative estimate of drug-likeness (QED) is 0.150. The molecule has 1 saturated heterocycles. The Morgan fingerprint density at radius 3 is 0.983 bits per heavy atom. The van der Waals surface area contributed by atoms with Crippen LogP contribution in [0.1, 0.15) is 27.7 Å². The molecule has 6 nitrogen and oxygen atoms in total. The van der Waals surface area contributed by atoms with E-state index in [1.54, 1.807) is 0 Å². The molecule has 8 heteroatoms. The molecule has 2 aromatic heterocycles. The van der Waals surface area contributed by atoms with Gasteiger partial charge in [-0.3, -0.25) is 0 Å². The van der Waals surface area contributed by atoms with Crippen molar-refractivity contribution in [1.29, 1.82) is 0 Å². The van der Waals surface area contributed by atoms with E-state index < -0.39 is 0 Å². The molecule has 1 aliphatic rings. The molecular formula is C50H42BClN4O2. The van der Waals surface area contributed by atoms with Crippen molar-refractivity contribution in [3.05, 3.63) is 187 Å². The van der Waals surface area contributed by atoms with Crippen molar-refractivity contribution in [2.45, 2.75) is 38.9 Å². The monoisotopic (exact) mass is 776 g/mol. The summed E-state index contributed by atoms with van der Waals surface area (Å²) in [5, 5.41) is 0.700. The maximum absolute atomic E-state index is 6.20. The average molecular weight is 777 g/mol. The smallest absolute Gasteiger partial charge is 0.399 e. The molecule has 1 aliphatic heterocycles. The van der Waals surface area contributed by atoms with E-state index in [-0.39, 0.29) is 18.3 Å². The highest BCUT2D eigenvalue weighted by molar-refractivity contribution is 6.62. The standard InChI is InChI=1S/C28H27BN2O2.C22H15ClN2/c1-27(2)28(3,4)33-29(32-27)23-17-15-22(16-18-23)26-30-24(20-11-7-5-8-12-20)19-25(31-26)21-13-9-6-10-14-21;23-19-13-11-18(12-14-19)22-24-20(16-7-3-1-4-8-16)15-21(25-22)17-9-5-2-6-10-17/h5-19H,1-4H3;1-15H. The van der Waals surface area contributed by atoms with Crippen molar-refractivity contribution in [3.63, 3.8) is 0 Å². The molecule has 9 rings (SSSR count). The molecule has 1 fully saturated rings. The molecule has 0 unspecified atom stereocenters. The fourth-order valence-corrected chi connectivity index (χ4v) is 6.67. The largest absolute Gasteiger partial charge is 0.494 e. The lowest BCUT2D eigenvalue weighted by atomic mass is 9.79. The second-order valence-electron chi connectivity index (χ2n) is 15.1. The van der Waals surface area contributed by atoms with Crippen molar-refractivity contribution in [1.82, 2.24) is 19.9 Å². The molecule has 0 amide bonds. The molecule has 0 radical (unpaired) electrons. The minimum Gasteiger partial charge on any atom is -0.399 e. The van der Waals surface area contributed by atoms with Crippen LogP contribution in [0.4, 0.5) is 0 Å². The molecule has 3 heterocycles. The van der Waals surface area contributed by atoms with E-state index in [0.29, 0.717) is 16.7 Å². The topological polar surface area (TPSA) is 70.0 Å². The summed E-state index contributed by atoms with van der Waals surface area (Å²) in [6.07, 6.45) is 0. The minimum atomic E-state index is -0.388. The van der Waals surface area contributed by atoms with Crippen LogP contribution in [0.25, 0.3) is 67.8 Å². The summed E-state index contributed by atoms with van der Waals surface area (Å²) in [6.45, 7) is 8.26. The molecule has 0 N–H and O–H groups in total. The Morgan fingerprint density at radius 1 is 0.379 bits per heavy atom. The van der Waals surface area contributed by atoms with E-state index in [2.05, 4.69) is 76.2 Å². The van der Waals surface area contributed by atoms with E-state index in [1.807, 2.05) is 133 Å². The molecule has 6 aromatic carbocycles. The molecule has 0 saturated carbocycles. The Kier molecular flexibility index (Phi) is 11.1. The van der Waals surface area contributed by atoms with Gasteiger partial charge in [-0.15, -0.1) is 0 Å². The van der Waals surface area contributed by atoms with Crippen LogP contribution in [0.5, 0.6) is 0 Å². The van der Waals surface area contributed by atoms with Gasteiger partial charge in [-0.05, 0) is 69.6 Å². The predicted molar refractivity (Wildman–Crippen MR) is 237 cm³/mol. The van der Waals surface area contributed by atoms with Crippen LogP contribution in [0, 0.1) is 0 Å². The third-order valence-corrected chi connectivity index (χ3v) is 10.8. The highest BCUT2D eigenvalue weighted by atomic mass is 35.5. The SMILES string of the molecule is CC1(C)OB(c2ccc(-c3nc(-c4ccccc4)cc(-c4ccccc4)n3)cc2)OC1(C)C.Clc1ccc(-c2nc(-c3ccccc3)cc(-c3ccccc3)n2)cc1. The van der Waals surface area contributed by atoms with Crippen LogP contribution >= 0.6 is 11.6 Å². The highest BCUT2D eigenvalue weighted by Gasteiger charge is 2.51. The van der Waals surface area contributed by atoms with Gasteiger partial charge in [-0.1, -0.05) is 157 Å². The summed E-state index contributed by atoms with van der Waals surface area (Å²) in [6, 6.07) is 60.6. The fraction of sp³-hybridized carbons (Fsp3) is 0.120. The number of benzene rings is 6. The Balaban J connectivity index is 0.000000168. The summed E-state index contributed by atoms with van der Waals surface area (Å²) in [4.78, 5) is 19.3. The molecule has 8 aromatic rings. The summed E-state index contributed by atoms with van der Waals surface area (Å²) in [5.41, 5.74) is 10.0. The van der Waals surface area contributed by atoms with Crippen LogP contribution in [0.2, 0.25) is 5.02 Å². The van der Waals surface area contributed by atoms with Crippen LogP contribution in [-0.4, -0.2) is 38.3 Å². The Hall–Kier alpha value is -6.25. The number of rotatable bonds is 7. The Labute approximate surface area is 345 Å². The zero-order valence-corrected chi connectivity index (χ0v) is 33.6. The molecule has 0 atom stereocenters. The van der Waals surface area contributed by atoms with Crippen molar-refractivity contribution >= 4 is 24.2 Å². The van der Waals surface area contributed by atoms with E-state index in [4.69, 9.17) is 40.8 Å². The third-order valence-electron chi connectivity index (χ3n) is 10.5. The Morgan fingerprint density at radius 2 is 0.672 bits per heavy atom. The number of halogens is 1. The van der Waals surface area contributed by atoms with Gasteiger partial charge in [0.25, 0.3) is 0 Å². The van der Waals surface area contributed by atoms with Gasteiger partial charge < -0.3 is 9.31 Å². The zero-order chi connectivity index (χ0) is 40.1. The van der Waals surface area contributed by atoms with E-state index >= 15 is 0 Å². The van der Waals surface area contributed by atoms with Gasteiger partial charge in [0.15, 0.2) is 11.6 Å². The zero-order valence-electron chi connectivity index (χ0n) is 32.9. The lowest BCUT2D eigenvalue weighted by Gasteiger charge is -2.32. The van der Waals surface area contributed by atoms with Crippen molar-refractivity contribution < 1.29 is 9.31 Å². The lowest BCUT2D eigenvalue weighted by Crippen LogP contribution is -2.41. The first-order valence-corrected chi connectivity index (χ1v) is 19.7. The minimum absolute atomic E-state index is 0.367. The Bertz CT molecular complexity index is 2480. The van der Waals surface area contributed by atoms with Gasteiger partial charge in [-0.2, -0.15) is 0 Å². The maximum Gasteiger partial charge on any atom is 0.494 e. The van der Waals surface area contributed by atoms with Gasteiger partial charge in [0.1, 0.15) is 0 Å². The van der Waals surface area contributed by atoms with E-state index in [0.717, 1.165) is 61.6 Å². The van der Waals surface area contributed by atoms with Crippen molar-refractivity contribution in [2.75, 3.05) is 0 Å². The maximum atomic E-state index is 6.20. The first-order valence-electron chi connectivity index (χ1n) is 19.3. The molecule has 58 heavy (non-hydrogen) atoms. The van der Waals surface area contributed by atoms with Crippen LogP contribution in [-0.2, 0) is 9.31 Å². The van der Waals surface area contributed by atoms with E-state index in [1.165, 1.54) is 0 Å². The molecular weight excluding hydrogens is 735 g/mol. The second kappa shape index (κ2) is 16.7. The van der Waals surface area contributed by atoms with E-state index in [9.17, 15) is 0 Å². The summed E-state index contributed by atoms with van der Waals surface area (Å²) in [7, 11) is -0.388. The van der Waals surface area contributed by atoms with Crippen LogP contribution in [0.15, 0.2) is 182 Å². The van der Waals surface area contributed by atoms with Gasteiger partial charge in [0.2, 0.25) is 0 Å². The third kappa shape index (κ3) is 8.68. The summed E-state index contributed by atoms with van der Waals surface area (Å²) < 4.78 is 12.4. The lowest BCUT2D eigenvalue weighted by molar-refractivity contribution is 0.00578. The number of aromatic nitrogens is 4. The average Bonchev–Trinajstić information content (AvgIpc) is 3.50. The predicted octanol–water partition coefficient (Wildman–Crippen LogP) is 11.9. The highest BCUT2D eigenvalue weighted by Crippen LogP contribution is 2.37. The van der Waals surface area contributed by atoms with Gasteiger partial charge in [0, 0.05) is 38.4 Å².